The molecule has 1 rings (SSSR count). The number of methoxy groups -OCH3 is 1. The summed E-state index contributed by atoms with van der Waals surface area (Å²) in [5.41, 5.74) is 6.65. The van der Waals surface area contributed by atoms with Crippen molar-refractivity contribution in [1.82, 2.24) is 9.36 Å². The van der Waals surface area contributed by atoms with Crippen molar-refractivity contribution in [3.05, 3.63) is 16.0 Å². The van der Waals surface area contributed by atoms with E-state index in [1.165, 1.54) is 0 Å². The molecule has 1 unspecified atom stereocenters. The molecule has 0 saturated carbocycles. The van der Waals surface area contributed by atoms with Crippen LogP contribution in [0.1, 0.15) is 32.0 Å². The summed E-state index contributed by atoms with van der Waals surface area (Å²) in [5.74, 6) is 0. The lowest BCUT2D eigenvalue weighted by molar-refractivity contribution is 0.175. The topological polar surface area (TPSA) is 62.2 Å². The Morgan fingerprint density at radius 3 is 2.60 bits per heavy atom. The summed E-state index contributed by atoms with van der Waals surface area (Å²) in [4.78, 5) is 11.8. The molecule has 0 fully saturated rings. The van der Waals surface area contributed by atoms with Gasteiger partial charge >= 0.3 is 0 Å². The average Bonchev–Trinajstić information content (AvgIpc) is 2.42. The first-order chi connectivity index (χ1) is 7.04. The smallest absolute Gasteiger partial charge is 0.290 e. The van der Waals surface area contributed by atoms with Gasteiger partial charge in [0.05, 0.1) is 18.3 Å². The monoisotopic (exact) mass is 213 g/mol. The molecule has 0 spiro atoms. The van der Waals surface area contributed by atoms with Crippen LogP contribution in [0.15, 0.2) is 4.79 Å². The van der Waals surface area contributed by atoms with Gasteiger partial charge in [-0.25, -0.2) is 4.68 Å². The summed E-state index contributed by atoms with van der Waals surface area (Å²) in [6, 6.07) is 0.149. The highest BCUT2D eigenvalue weighted by Gasteiger charge is 2.17. The number of aromatic nitrogens is 2. The third kappa shape index (κ3) is 1.92. The molecule has 0 bridgehead atoms. The summed E-state index contributed by atoms with van der Waals surface area (Å²) in [6.07, 6.45) is 0.892. The predicted octanol–water partition coefficient (Wildman–Crippen LogP) is 0.886. The molecular formula is C10H19N3O2. The number of anilines is 1. The molecule has 0 aliphatic rings. The summed E-state index contributed by atoms with van der Waals surface area (Å²) in [7, 11) is 3.42. The zero-order valence-electron chi connectivity index (χ0n) is 9.78. The van der Waals surface area contributed by atoms with Gasteiger partial charge in [0.25, 0.3) is 5.56 Å². The number of ether oxygens (including phenoxy) is 1. The van der Waals surface area contributed by atoms with E-state index < -0.39 is 0 Å². The van der Waals surface area contributed by atoms with Crippen molar-refractivity contribution in [3.8, 4) is 0 Å². The highest BCUT2D eigenvalue weighted by atomic mass is 16.5. The first-order valence-corrected chi connectivity index (χ1v) is 5.09. The maximum absolute atomic E-state index is 11.8. The summed E-state index contributed by atoms with van der Waals surface area (Å²) in [5, 5.41) is 0. The molecular weight excluding hydrogens is 194 g/mol. The van der Waals surface area contributed by atoms with Crippen molar-refractivity contribution in [2.45, 2.75) is 32.9 Å². The van der Waals surface area contributed by atoms with E-state index in [-0.39, 0.29) is 11.6 Å². The average molecular weight is 213 g/mol. The maximum Gasteiger partial charge on any atom is 0.290 e. The largest absolute Gasteiger partial charge is 0.393 e. The minimum absolute atomic E-state index is 0.126. The van der Waals surface area contributed by atoms with Gasteiger partial charge in [0.2, 0.25) is 0 Å². The van der Waals surface area contributed by atoms with Crippen LogP contribution in [0, 0.1) is 0 Å². The quantitative estimate of drug-likeness (QED) is 0.807. The van der Waals surface area contributed by atoms with Gasteiger partial charge in [-0.2, -0.15) is 0 Å². The second-order valence-electron chi connectivity index (χ2n) is 3.72. The van der Waals surface area contributed by atoms with E-state index in [0.29, 0.717) is 12.3 Å². The molecule has 5 nitrogen and oxygen atoms in total. The van der Waals surface area contributed by atoms with Gasteiger partial charge in [-0.3, -0.25) is 9.48 Å². The molecule has 86 valence electrons. The standard InChI is InChI=1S/C10H19N3O2/c1-5-7(2)13-10(14)9(11)8(6-15-4)12(13)3/h7H,5-6,11H2,1-4H3. The lowest BCUT2D eigenvalue weighted by atomic mass is 10.3. The highest BCUT2D eigenvalue weighted by Crippen LogP contribution is 2.14. The Bertz CT molecular complexity index is 392. The lowest BCUT2D eigenvalue weighted by Crippen LogP contribution is -2.25. The minimum Gasteiger partial charge on any atom is -0.393 e. The number of nitrogens with zero attached hydrogens (tertiary/aromatic N) is 2. The van der Waals surface area contributed by atoms with Crippen molar-refractivity contribution in [3.63, 3.8) is 0 Å². The van der Waals surface area contributed by atoms with Crippen LogP contribution in [0.3, 0.4) is 0 Å². The van der Waals surface area contributed by atoms with Crippen molar-refractivity contribution in [2.75, 3.05) is 12.8 Å². The highest BCUT2D eigenvalue weighted by molar-refractivity contribution is 5.41. The van der Waals surface area contributed by atoms with Crippen molar-refractivity contribution < 1.29 is 4.74 Å². The Morgan fingerprint density at radius 1 is 1.53 bits per heavy atom. The molecule has 0 aromatic carbocycles. The molecule has 1 aromatic heterocycles. The van der Waals surface area contributed by atoms with Gasteiger partial charge in [0, 0.05) is 14.2 Å². The van der Waals surface area contributed by atoms with E-state index in [9.17, 15) is 4.79 Å². The van der Waals surface area contributed by atoms with Gasteiger partial charge in [0.1, 0.15) is 5.69 Å². The molecule has 1 aromatic rings. The van der Waals surface area contributed by atoms with E-state index in [1.54, 1.807) is 16.5 Å². The lowest BCUT2D eigenvalue weighted by Gasteiger charge is -2.14. The third-order valence-corrected chi connectivity index (χ3v) is 2.75. The molecule has 5 heteroatoms. The zero-order chi connectivity index (χ0) is 11.6. The molecule has 0 amide bonds. The second kappa shape index (κ2) is 4.53. The molecule has 1 heterocycles. The predicted molar refractivity (Wildman–Crippen MR) is 59.8 cm³/mol. The van der Waals surface area contributed by atoms with E-state index in [4.69, 9.17) is 10.5 Å². The van der Waals surface area contributed by atoms with Crippen molar-refractivity contribution >= 4 is 5.69 Å². The molecule has 0 radical (unpaired) electrons. The van der Waals surface area contributed by atoms with Gasteiger partial charge < -0.3 is 10.5 Å². The van der Waals surface area contributed by atoms with Crippen LogP contribution in [0.2, 0.25) is 0 Å². The van der Waals surface area contributed by atoms with Gasteiger partial charge in [-0.15, -0.1) is 0 Å². The van der Waals surface area contributed by atoms with Crippen molar-refractivity contribution in [2.24, 2.45) is 7.05 Å². The van der Waals surface area contributed by atoms with Crippen LogP contribution in [-0.4, -0.2) is 16.5 Å². The van der Waals surface area contributed by atoms with Crippen LogP contribution in [0.25, 0.3) is 0 Å². The van der Waals surface area contributed by atoms with E-state index >= 15 is 0 Å². The summed E-state index contributed by atoms with van der Waals surface area (Å²) in [6.45, 7) is 4.40. The van der Waals surface area contributed by atoms with E-state index in [1.807, 2.05) is 20.9 Å². The first-order valence-electron chi connectivity index (χ1n) is 5.09. The van der Waals surface area contributed by atoms with Gasteiger partial charge in [-0.1, -0.05) is 6.92 Å². The fourth-order valence-corrected chi connectivity index (χ4v) is 1.66. The molecule has 0 aliphatic carbocycles. The molecule has 0 saturated heterocycles. The normalized spacial score (nSPS) is 13.1. The van der Waals surface area contributed by atoms with Crippen LogP contribution in [-0.2, 0) is 18.4 Å². The third-order valence-electron chi connectivity index (χ3n) is 2.75. The zero-order valence-corrected chi connectivity index (χ0v) is 9.78. The Morgan fingerprint density at radius 2 is 2.13 bits per heavy atom. The number of nitrogens with two attached hydrogens (primary N) is 1. The van der Waals surface area contributed by atoms with E-state index in [2.05, 4.69) is 0 Å². The van der Waals surface area contributed by atoms with Crippen LogP contribution < -0.4 is 11.3 Å². The van der Waals surface area contributed by atoms with Gasteiger partial charge in [0.15, 0.2) is 0 Å². The summed E-state index contributed by atoms with van der Waals surface area (Å²) < 4.78 is 8.48. The fraction of sp³-hybridized carbons (Fsp3) is 0.700. The van der Waals surface area contributed by atoms with Crippen LogP contribution in [0.4, 0.5) is 5.69 Å². The second-order valence-corrected chi connectivity index (χ2v) is 3.72. The number of nitrogen functional groups attached to an aromatic ring is 1. The number of hydrogen-bond acceptors (Lipinski definition) is 3. The van der Waals surface area contributed by atoms with Crippen LogP contribution in [0.5, 0.6) is 0 Å². The number of rotatable bonds is 4. The maximum atomic E-state index is 11.8. The van der Waals surface area contributed by atoms with E-state index in [0.717, 1.165) is 12.1 Å². The first kappa shape index (κ1) is 11.8. The minimum atomic E-state index is -0.126. The SMILES string of the molecule is CCC(C)n1c(=O)c(N)c(COC)n1C. The molecule has 1 atom stereocenters. The Hall–Kier alpha value is -1.23. The summed E-state index contributed by atoms with van der Waals surface area (Å²) >= 11 is 0. The molecule has 15 heavy (non-hydrogen) atoms. The molecule has 2 N–H and O–H groups in total. The van der Waals surface area contributed by atoms with Crippen LogP contribution >= 0.6 is 0 Å². The Balaban J connectivity index is 3.29. The number of hydrogen-bond donors (Lipinski definition) is 1. The van der Waals surface area contributed by atoms with Crippen molar-refractivity contribution in [1.29, 1.82) is 0 Å². The molecule has 0 aliphatic heterocycles. The van der Waals surface area contributed by atoms with Gasteiger partial charge in [-0.05, 0) is 13.3 Å². The Labute approximate surface area is 89.4 Å². The Kier molecular flexibility index (Phi) is 3.57. The fourth-order valence-electron chi connectivity index (χ4n) is 1.66.